The van der Waals surface area contributed by atoms with Crippen LogP contribution >= 0.6 is 0 Å². The summed E-state index contributed by atoms with van der Waals surface area (Å²) < 4.78 is 11.2. The first-order valence-corrected chi connectivity index (χ1v) is 9.75. The minimum absolute atomic E-state index is 0.158. The molecule has 2 aliphatic heterocycles. The molecule has 6 nitrogen and oxygen atoms in total. The molecule has 1 atom stereocenters. The van der Waals surface area contributed by atoms with E-state index < -0.39 is 0 Å². The molecule has 1 amide bonds. The highest BCUT2D eigenvalue weighted by atomic mass is 16.5. The molecule has 27 heavy (non-hydrogen) atoms. The van der Waals surface area contributed by atoms with Gasteiger partial charge in [-0.05, 0) is 38.3 Å². The standard InChI is InChI=1S/C21H27N3O3/c1-15-5-6-18(16(2)12-15)20-22-17(14-27-20)13-23-7-9-24(10-8-23)21(25)19-4-3-11-26-19/h5-6,12,14,19H,3-4,7-11,13H2,1-2H3/t19-/m1/s1. The second-order valence-electron chi connectivity index (χ2n) is 7.57. The lowest BCUT2D eigenvalue weighted by atomic mass is 10.1. The molecule has 3 heterocycles. The Morgan fingerprint density at radius 2 is 2.04 bits per heavy atom. The monoisotopic (exact) mass is 369 g/mol. The summed E-state index contributed by atoms with van der Waals surface area (Å²) in [4.78, 5) is 21.4. The van der Waals surface area contributed by atoms with Crippen LogP contribution in [0.5, 0.6) is 0 Å². The van der Waals surface area contributed by atoms with Gasteiger partial charge in [-0.2, -0.15) is 0 Å². The third-order valence-electron chi connectivity index (χ3n) is 5.44. The highest BCUT2D eigenvalue weighted by Gasteiger charge is 2.30. The average molecular weight is 369 g/mol. The minimum atomic E-state index is -0.215. The molecule has 1 aromatic heterocycles. The summed E-state index contributed by atoms with van der Waals surface area (Å²) in [5.41, 5.74) is 4.38. The van der Waals surface area contributed by atoms with E-state index in [1.54, 1.807) is 6.26 Å². The Bertz CT molecular complexity index is 803. The summed E-state index contributed by atoms with van der Waals surface area (Å²) in [5.74, 6) is 0.834. The van der Waals surface area contributed by atoms with Gasteiger partial charge in [0, 0.05) is 44.9 Å². The molecule has 0 aliphatic carbocycles. The highest BCUT2D eigenvalue weighted by Crippen LogP contribution is 2.24. The van der Waals surface area contributed by atoms with E-state index in [0.717, 1.165) is 56.8 Å². The molecule has 2 fully saturated rings. The van der Waals surface area contributed by atoms with Crippen LogP contribution in [0.25, 0.3) is 11.5 Å². The molecule has 2 saturated heterocycles. The van der Waals surface area contributed by atoms with E-state index in [1.807, 2.05) is 4.90 Å². The number of hydrogen-bond acceptors (Lipinski definition) is 5. The largest absolute Gasteiger partial charge is 0.444 e. The van der Waals surface area contributed by atoms with Gasteiger partial charge in [0.2, 0.25) is 5.89 Å². The smallest absolute Gasteiger partial charge is 0.251 e. The molecule has 0 saturated carbocycles. The van der Waals surface area contributed by atoms with E-state index in [0.29, 0.717) is 12.5 Å². The molecule has 0 bridgehead atoms. The zero-order chi connectivity index (χ0) is 18.8. The number of ether oxygens (including phenoxy) is 1. The number of carbonyl (C=O) groups excluding carboxylic acids is 1. The Kier molecular flexibility index (Phi) is 5.27. The van der Waals surface area contributed by atoms with Gasteiger partial charge in [0.25, 0.3) is 5.91 Å². The molecule has 2 aliphatic rings. The van der Waals surface area contributed by atoms with Crippen molar-refractivity contribution in [3.8, 4) is 11.5 Å². The van der Waals surface area contributed by atoms with Crippen molar-refractivity contribution in [1.29, 1.82) is 0 Å². The first-order valence-electron chi connectivity index (χ1n) is 9.75. The van der Waals surface area contributed by atoms with Crippen LogP contribution in [0.3, 0.4) is 0 Å². The molecule has 0 radical (unpaired) electrons. The quantitative estimate of drug-likeness (QED) is 0.829. The molecular formula is C21H27N3O3. The van der Waals surface area contributed by atoms with Crippen molar-refractivity contribution in [2.45, 2.75) is 39.3 Å². The van der Waals surface area contributed by atoms with Crippen molar-refractivity contribution in [3.05, 3.63) is 41.3 Å². The maximum Gasteiger partial charge on any atom is 0.251 e. The Hall–Kier alpha value is -2.18. The molecule has 1 aromatic carbocycles. The van der Waals surface area contributed by atoms with Crippen LogP contribution in [0.2, 0.25) is 0 Å². The summed E-state index contributed by atoms with van der Waals surface area (Å²) in [7, 11) is 0. The van der Waals surface area contributed by atoms with Crippen LogP contribution in [-0.4, -0.2) is 59.6 Å². The number of benzene rings is 1. The van der Waals surface area contributed by atoms with Gasteiger partial charge in [0.05, 0.1) is 5.69 Å². The number of oxazole rings is 1. The molecular weight excluding hydrogens is 342 g/mol. The van der Waals surface area contributed by atoms with Crippen LogP contribution in [-0.2, 0) is 16.1 Å². The van der Waals surface area contributed by atoms with Crippen LogP contribution in [0.4, 0.5) is 0 Å². The van der Waals surface area contributed by atoms with E-state index in [9.17, 15) is 4.79 Å². The lowest BCUT2D eigenvalue weighted by Crippen LogP contribution is -2.51. The van der Waals surface area contributed by atoms with Gasteiger partial charge in [-0.1, -0.05) is 17.7 Å². The van der Waals surface area contributed by atoms with Crippen molar-refractivity contribution < 1.29 is 13.9 Å². The number of aromatic nitrogens is 1. The maximum atomic E-state index is 12.4. The minimum Gasteiger partial charge on any atom is -0.444 e. The first kappa shape index (κ1) is 18.2. The van der Waals surface area contributed by atoms with E-state index in [1.165, 1.54) is 11.1 Å². The van der Waals surface area contributed by atoms with Crippen molar-refractivity contribution in [1.82, 2.24) is 14.8 Å². The van der Waals surface area contributed by atoms with Crippen molar-refractivity contribution in [3.63, 3.8) is 0 Å². The predicted molar refractivity (Wildman–Crippen MR) is 102 cm³/mol. The zero-order valence-corrected chi connectivity index (χ0v) is 16.1. The number of amides is 1. The summed E-state index contributed by atoms with van der Waals surface area (Å²) in [5, 5.41) is 0. The third kappa shape index (κ3) is 4.06. The second-order valence-corrected chi connectivity index (χ2v) is 7.57. The average Bonchev–Trinajstić information content (AvgIpc) is 3.34. The summed E-state index contributed by atoms with van der Waals surface area (Å²) in [6.07, 6.45) is 3.38. The van der Waals surface area contributed by atoms with E-state index in [2.05, 4.69) is 41.9 Å². The van der Waals surface area contributed by atoms with Gasteiger partial charge in [-0.15, -0.1) is 0 Å². The van der Waals surface area contributed by atoms with Gasteiger partial charge in [-0.3, -0.25) is 9.69 Å². The van der Waals surface area contributed by atoms with Crippen LogP contribution in [0.15, 0.2) is 28.9 Å². The number of nitrogens with zero attached hydrogens (tertiary/aromatic N) is 3. The second kappa shape index (κ2) is 7.82. The predicted octanol–water partition coefficient (Wildman–Crippen LogP) is 2.78. The third-order valence-corrected chi connectivity index (χ3v) is 5.44. The number of piperazine rings is 1. The Morgan fingerprint density at radius 1 is 1.22 bits per heavy atom. The number of aryl methyl sites for hydroxylation is 2. The summed E-state index contributed by atoms with van der Waals surface area (Å²) in [6, 6.07) is 6.29. The summed E-state index contributed by atoms with van der Waals surface area (Å²) >= 11 is 0. The van der Waals surface area contributed by atoms with Gasteiger partial charge in [0.15, 0.2) is 0 Å². The molecule has 0 spiro atoms. The Balaban J connectivity index is 1.33. The van der Waals surface area contributed by atoms with Crippen molar-refractivity contribution in [2.75, 3.05) is 32.8 Å². The highest BCUT2D eigenvalue weighted by molar-refractivity contribution is 5.81. The van der Waals surface area contributed by atoms with E-state index in [-0.39, 0.29) is 12.0 Å². The fourth-order valence-electron chi connectivity index (χ4n) is 3.89. The molecule has 0 unspecified atom stereocenters. The maximum absolute atomic E-state index is 12.4. The van der Waals surface area contributed by atoms with Crippen molar-refractivity contribution >= 4 is 5.91 Å². The van der Waals surface area contributed by atoms with Crippen LogP contribution in [0, 0.1) is 13.8 Å². The lowest BCUT2D eigenvalue weighted by molar-refractivity contribution is -0.142. The number of carbonyl (C=O) groups is 1. The lowest BCUT2D eigenvalue weighted by Gasteiger charge is -2.35. The molecule has 0 N–H and O–H groups in total. The van der Waals surface area contributed by atoms with E-state index in [4.69, 9.17) is 9.15 Å². The zero-order valence-electron chi connectivity index (χ0n) is 16.1. The fourth-order valence-corrected chi connectivity index (χ4v) is 3.89. The molecule has 144 valence electrons. The van der Waals surface area contributed by atoms with Gasteiger partial charge < -0.3 is 14.1 Å². The van der Waals surface area contributed by atoms with Crippen LogP contribution in [0.1, 0.15) is 29.7 Å². The number of hydrogen-bond donors (Lipinski definition) is 0. The normalized spacial score (nSPS) is 21.0. The van der Waals surface area contributed by atoms with E-state index >= 15 is 0 Å². The van der Waals surface area contributed by atoms with Crippen LogP contribution < -0.4 is 0 Å². The first-order chi connectivity index (χ1) is 13.1. The molecule has 2 aromatic rings. The van der Waals surface area contributed by atoms with Crippen molar-refractivity contribution in [2.24, 2.45) is 0 Å². The molecule has 6 heteroatoms. The fraction of sp³-hybridized carbons (Fsp3) is 0.524. The molecule has 4 rings (SSSR count). The Morgan fingerprint density at radius 3 is 2.74 bits per heavy atom. The van der Waals surface area contributed by atoms with Gasteiger partial charge >= 0.3 is 0 Å². The summed E-state index contributed by atoms with van der Waals surface area (Å²) in [6.45, 7) is 8.83. The Labute approximate surface area is 160 Å². The number of rotatable bonds is 4. The van der Waals surface area contributed by atoms with Gasteiger partial charge in [-0.25, -0.2) is 4.98 Å². The SMILES string of the molecule is Cc1ccc(-c2nc(CN3CCN(C(=O)[C@H]4CCCO4)CC3)co2)c(C)c1. The van der Waals surface area contributed by atoms with Gasteiger partial charge in [0.1, 0.15) is 12.4 Å². The topological polar surface area (TPSA) is 58.8 Å².